The third-order valence-electron chi connectivity index (χ3n) is 5.41. The zero-order valence-electron chi connectivity index (χ0n) is 18.4. The fraction of sp³-hybridized carbons (Fsp3) is 0.391. The molecule has 0 saturated carbocycles. The van der Waals surface area contributed by atoms with Gasteiger partial charge in [-0.3, -0.25) is 9.59 Å². The summed E-state index contributed by atoms with van der Waals surface area (Å²) in [6.07, 6.45) is -4.27. The van der Waals surface area contributed by atoms with E-state index in [0.29, 0.717) is 48.9 Å². The van der Waals surface area contributed by atoms with Crippen molar-refractivity contribution >= 4 is 17.5 Å². The summed E-state index contributed by atoms with van der Waals surface area (Å²) in [5.41, 5.74) is 0.147. The minimum atomic E-state index is -4.39. The van der Waals surface area contributed by atoms with Gasteiger partial charge in [-0.2, -0.15) is 13.2 Å². The number of hydrogen-bond donors (Lipinski definition) is 1. The molecule has 1 fully saturated rings. The Morgan fingerprint density at radius 3 is 2.18 bits per heavy atom. The zero-order chi connectivity index (χ0) is 24.0. The first-order valence-electron chi connectivity index (χ1n) is 10.4. The van der Waals surface area contributed by atoms with Gasteiger partial charge in [-0.25, -0.2) is 0 Å². The second-order valence-corrected chi connectivity index (χ2v) is 7.52. The van der Waals surface area contributed by atoms with E-state index in [0.717, 1.165) is 12.1 Å². The van der Waals surface area contributed by atoms with Gasteiger partial charge in [-0.15, -0.1) is 0 Å². The lowest BCUT2D eigenvalue weighted by Crippen LogP contribution is -2.49. The number of rotatable bonds is 7. The number of ether oxygens (including phenoxy) is 2. The average Bonchev–Trinajstić information content (AvgIpc) is 2.83. The van der Waals surface area contributed by atoms with Crippen LogP contribution in [0.15, 0.2) is 42.5 Å². The van der Waals surface area contributed by atoms with Crippen LogP contribution in [-0.4, -0.2) is 63.7 Å². The predicted molar refractivity (Wildman–Crippen MR) is 117 cm³/mol. The van der Waals surface area contributed by atoms with Crippen molar-refractivity contribution in [1.82, 2.24) is 10.2 Å². The molecule has 1 heterocycles. The molecule has 7 nitrogen and oxygen atoms in total. The molecule has 0 atom stereocenters. The molecule has 2 aromatic carbocycles. The van der Waals surface area contributed by atoms with Crippen molar-refractivity contribution in [3.8, 4) is 11.5 Å². The molecule has 0 bridgehead atoms. The summed E-state index contributed by atoms with van der Waals surface area (Å²) in [6.45, 7) is 1.82. The Kier molecular flexibility index (Phi) is 7.67. The van der Waals surface area contributed by atoms with Gasteiger partial charge in [0.2, 0.25) is 5.91 Å². The minimum absolute atomic E-state index is 0.121. The highest BCUT2D eigenvalue weighted by Crippen LogP contribution is 2.32. The van der Waals surface area contributed by atoms with Gasteiger partial charge in [0.05, 0.1) is 19.8 Å². The van der Waals surface area contributed by atoms with E-state index < -0.39 is 11.7 Å². The van der Waals surface area contributed by atoms with Gasteiger partial charge in [-0.1, -0.05) is 6.07 Å². The van der Waals surface area contributed by atoms with E-state index >= 15 is 0 Å². The quantitative estimate of drug-likeness (QED) is 0.680. The summed E-state index contributed by atoms with van der Waals surface area (Å²) < 4.78 is 49.2. The predicted octanol–water partition coefficient (Wildman–Crippen LogP) is 3.19. The maximum Gasteiger partial charge on any atom is 0.416 e. The fourth-order valence-corrected chi connectivity index (χ4v) is 3.57. The van der Waals surface area contributed by atoms with Gasteiger partial charge in [0.15, 0.2) is 0 Å². The van der Waals surface area contributed by atoms with E-state index in [1.54, 1.807) is 29.2 Å². The molecule has 0 spiro atoms. The highest BCUT2D eigenvalue weighted by Gasteiger charge is 2.31. The number of methoxy groups -OCH3 is 2. The van der Waals surface area contributed by atoms with E-state index in [4.69, 9.17) is 9.47 Å². The Morgan fingerprint density at radius 1 is 0.970 bits per heavy atom. The van der Waals surface area contributed by atoms with Crippen LogP contribution in [0.3, 0.4) is 0 Å². The molecule has 2 amide bonds. The van der Waals surface area contributed by atoms with Gasteiger partial charge in [0, 0.05) is 56.5 Å². The molecule has 2 aromatic rings. The van der Waals surface area contributed by atoms with Gasteiger partial charge < -0.3 is 24.6 Å². The number of alkyl halides is 3. The fourth-order valence-electron chi connectivity index (χ4n) is 3.57. The highest BCUT2D eigenvalue weighted by atomic mass is 19.4. The Labute approximate surface area is 190 Å². The van der Waals surface area contributed by atoms with Crippen LogP contribution in [0.4, 0.5) is 18.9 Å². The largest absolute Gasteiger partial charge is 0.497 e. The lowest BCUT2D eigenvalue weighted by molar-refractivity contribution is -0.137. The second kappa shape index (κ2) is 10.5. The number of nitrogens with zero attached hydrogens (tertiary/aromatic N) is 2. The average molecular weight is 465 g/mol. The maximum atomic E-state index is 12.9. The van der Waals surface area contributed by atoms with Crippen molar-refractivity contribution in [3.63, 3.8) is 0 Å². The first-order valence-corrected chi connectivity index (χ1v) is 10.4. The van der Waals surface area contributed by atoms with Crippen molar-refractivity contribution in [2.75, 3.05) is 51.8 Å². The van der Waals surface area contributed by atoms with Gasteiger partial charge >= 0.3 is 6.18 Å². The Bertz CT molecular complexity index is 967. The van der Waals surface area contributed by atoms with Crippen LogP contribution in [0, 0.1) is 0 Å². The van der Waals surface area contributed by atoms with E-state index in [1.807, 2.05) is 4.90 Å². The number of anilines is 1. The molecule has 0 unspecified atom stereocenters. The number of amides is 2. The number of carbonyl (C=O) groups excluding carboxylic acids is 2. The van der Waals surface area contributed by atoms with Crippen molar-refractivity contribution in [1.29, 1.82) is 0 Å². The van der Waals surface area contributed by atoms with Crippen LogP contribution < -0.4 is 19.7 Å². The smallest absolute Gasteiger partial charge is 0.416 e. The summed E-state index contributed by atoms with van der Waals surface area (Å²) in [4.78, 5) is 28.4. The number of halogens is 3. The zero-order valence-corrected chi connectivity index (χ0v) is 18.4. The Balaban J connectivity index is 1.48. The number of piperazine rings is 1. The summed E-state index contributed by atoms with van der Waals surface area (Å²) in [5.74, 6) is 0.486. The monoisotopic (exact) mass is 465 g/mol. The molecular weight excluding hydrogens is 439 g/mol. The van der Waals surface area contributed by atoms with Crippen LogP contribution >= 0.6 is 0 Å². The van der Waals surface area contributed by atoms with Gasteiger partial charge in [0.25, 0.3) is 5.91 Å². The van der Waals surface area contributed by atoms with E-state index in [9.17, 15) is 22.8 Å². The van der Waals surface area contributed by atoms with Gasteiger partial charge in [0.1, 0.15) is 11.5 Å². The molecule has 0 radical (unpaired) electrons. The summed E-state index contributed by atoms with van der Waals surface area (Å²) in [5, 5.41) is 2.71. The second-order valence-electron chi connectivity index (χ2n) is 7.52. The molecule has 10 heteroatoms. The molecule has 1 saturated heterocycles. The molecule has 33 heavy (non-hydrogen) atoms. The third kappa shape index (κ3) is 6.30. The normalized spacial score (nSPS) is 14.1. The van der Waals surface area contributed by atoms with Crippen molar-refractivity contribution in [3.05, 3.63) is 53.6 Å². The third-order valence-corrected chi connectivity index (χ3v) is 5.41. The maximum absolute atomic E-state index is 12.9. The van der Waals surface area contributed by atoms with E-state index in [-0.39, 0.29) is 24.8 Å². The lowest BCUT2D eigenvalue weighted by Gasteiger charge is -2.36. The van der Waals surface area contributed by atoms with Crippen molar-refractivity contribution in [2.45, 2.75) is 12.6 Å². The Morgan fingerprint density at radius 2 is 1.61 bits per heavy atom. The standard InChI is InChI=1S/C23H26F3N3O4/c1-32-19-12-16(13-20(15-19)33-2)22(31)27-7-6-21(30)29-10-8-28(9-11-29)18-5-3-4-17(14-18)23(24,25)26/h3-5,12-15H,6-11H2,1-2H3,(H,27,31). The van der Waals surface area contributed by atoms with Crippen LogP contribution in [0.5, 0.6) is 11.5 Å². The van der Waals surface area contributed by atoms with Crippen molar-refractivity contribution in [2.24, 2.45) is 0 Å². The molecule has 1 N–H and O–H groups in total. The van der Waals surface area contributed by atoms with Crippen LogP contribution in [0.1, 0.15) is 22.3 Å². The van der Waals surface area contributed by atoms with Gasteiger partial charge in [-0.05, 0) is 30.3 Å². The Hall–Kier alpha value is -3.43. The molecule has 1 aliphatic rings. The molecule has 178 valence electrons. The first-order chi connectivity index (χ1) is 15.7. The highest BCUT2D eigenvalue weighted by molar-refractivity contribution is 5.95. The minimum Gasteiger partial charge on any atom is -0.497 e. The summed E-state index contributed by atoms with van der Waals surface area (Å²) in [7, 11) is 2.98. The molecule has 3 rings (SSSR count). The van der Waals surface area contributed by atoms with Crippen LogP contribution in [-0.2, 0) is 11.0 Å². The topological polar surface area (TPSA) is 71.1 Å². The SMILES string of the molecule is COc1cc(OC)cc(C(=O)NCCC(=O)N2CCN(c3cccc(C(F)(F)F)c3)CC2)c1. The molecule has 0 aromatic heterocycles. The van der Waals surface area contributed by atoms with E-state index in [1.165, 1.54) is 20.3 Å². The summed E-state index contributed by atoms with van der Waals surface area (Å²) >= 11 is 0. The number of benzene rings is 2. The molecule has 1 aliphatic heterocycles. The molecule has 0 aliphatic carbocycles. The van der Waals surface area contributed by atoms with Crippen molar-refractivity contribution < 1.29 is 32.2 Å². The summed E-state index contributed by atoms with van der Waals surface area (Å²) in [6, 6.07) is 9.99. The number of nitrogens with one attached hydrogen (secondary N) is 1. The first kappa shape index (κ1) is 24.2. The molecular formula is C23H26F3N3O4. The van der Waals surface area contributed by atoms with E-state index in [2.05, 4.69) is 5.32 Å². The van der Waals surface area contributed by atoms with Crippen LogP contribution in [0.2, 0.25) is 0 Å². The van der Waals surface area contributed by atoms with Crippen LogP contribution in [0.25, 0.3) is 0 Å². The lowest BCUT2D eigenvalue weighted by atomic mass is 10.1. The number of hydrogen-bond acceptors (Lipinski definition) is 5. The number of carbonyl (C=O) groups is 2.